The first-order chi connectivity index (χ1) is 14.8. The van der Waals surface area contributed by atoms with E-state index in [2.05, 4.69) is 31.0 Å². The average Bonchev–Trinajstić information content (AvgIpc) is 3.23. The lowest BCUT2D eigenvalue weighted by atomic mass is 10.0. The number of halogens is 4. The first-order valence-corrected chi connectivity index (χ1v) is 10.3. The van der Waals surface area contributed by atoms with E-state index >= 15 is 0 Å². The van der Waals surface area contributed by atoms with Crippen molar-refractivity contribution in [2.45, 2.75) is 39.0 Å². The van der Waals surface area contributed by atoms with Gasteiger partial charge in [0.2, 0.25) is 5.82 Å². The van der Waals surface area contributed by atoms with Gasteiger partial charge in [-0.25, -0.2) is 14.6 Å². The molecule has 0 N–H and O–H groups in total. The van der Waals surface area contributed by atoms with Gasteiger partial charge in [0.25, 0.3) is 0 Å². The predicted molar refractivity (Wildman–Crippen MR) is 110 cm³/mol. The van der Waals surface area contributed by atoms with Crippen LogP contribution in [0.3, 0.4) is 0 Å². The topological polar surface area (TPSA) is 63.0 Å². The van der Waals surface area contributed by atoms with Crippen LogP contribution in [0.5, 0.6) is 0 Å². The zero-order valence-electron chi connectivity index (χ0n) is 16.7. The van der Waals surface area contributed by atoms with Crippen LogP contribution in [0.1, 0.15) is 29.1 Å². The molecule has 0 bridgehead atoms. The molecule has 31 heavy (non-hydrogen) atoms. The molecule has 0 radical (unpaired) electrons. The van der Waals surface area contributed by atoms with Crippen molar-refractivity contribution >= 4 is 28.9 Å². The summed E-state index contributed by atoms with van der Waals surface area (Å²) in [6.45, 7) is 4.26. The number of aryl methyl sites for hydroxylation is 1. The number of aromatic nitrogens is 5. The SMILES string of the molecule is Cc1c(Cl)nc(C(F)(F)F)nc1N1CCc2ncc(N3CCCn4nccc43)cc2C1. The molecule has 0 unspecified atom stereocenters. The summed E-state index contributed by atoms with van der Waals surface area (Å²) in [6, 6.07) is 4.02. The fraction of sp³-hybridized carbons (Fsp3) is 0.400. The standard InChI is InChI=1S/C20H19ClF3N7/c1-12-17(21)27-19(20(22,23)24)28-18(12)29-8-4-15-13(11-29)9-14(10-25-15)30-6-2-7-31-16(30)3-5-26-31/h3,5,9-10H,2,4,6-8,11H2,1H3. The summed E-state index contributed by atoms with van der Waals surface area (Å²) >= 11 is 6.00. The quantitative estimate of drug-likeness (QED) is 0.548. The van der Waals surface area contributed by atoms with Gasteiger partial charge < -0.3 is 9.80 Å². The molecule has 0 saturated heterocycles. The molecule has 0 atom stereocenters. The Balaban J connectivity index is 1.48. The van der Waals surface area contributed by atoms with E-state index in [0.717, 1.165) is 42.3 Å². The van der Waals surface area contributed by atoms with Crippen LogP contribution in [0.4, 0.5) is 30.5 Å². The van der Waals surface area contributed by atoms with E-state index in [1.54, 1.807) is 13.1 Å². The first-order valence-electron chi connectivity index (χ1n) is 9.94. The average molecular weight is 450 g/mol. The van der Waals surface area contributed by atoms with Gasteiger partial charge in [-0.05, 0) is 25.0 Å². The third kappa shape index (κ3) is 3.58. The highest BCUT2D eigenvalue weighted by atomic mass is 35.5. The van der Waals surface area contributed by atoms with Gasteiger partial charge in [-0.2, -0.15) is 18.3 Å². The number of alkyl halides is 3. The van der Waals surface area contributed by atoms with E-state index < -0.39 is 12.0 Å². The molecule has 0 aliphatic carbocycles. The summed E-state index contributed by atoms with van der Waals surface area (Å²) in [7, 11) is 0. The smallest absolute Gasteiger partial charge is 0.351 e. The van der Waals surface area contributed by atoms with Gasteiger partial charge in [0.05, 0.1) is 18.1 Å². The molecule has 0 saturated carbocycles. The molecule has 0 amide bonds. The zero-order chi connectivity index (χ0) is 21.8. The van der Waals surface area contributed by atoms with Gasteiger partial charge in [0, 0.05) is 49.9 Å². The maximum absolute atomic E-state index is 13.2. The Morgan fingerprint density at radius 1 is 1.13 bits per heavy atom. The third-order valence-electron chi connectivity index (χ3n) is 5.67. The maximum Gasteiger partial charge on any atom is 0.451 e. The second kappa shape index (κ2) is 7.37. The van der Waals surface area contributed by atoms with Gasteiger partial charge in [0.15, 0.2) is 0 Å². The van der Waals surface area contributed by atoms with E-state index in [-0.39, 0.29) is 11.0 Å². The molecular formula is C20H19ClF3N7. The summed E-state index contributed by atoms with van der Waals surface area (Å²) < 4.78 is 41.6. The summed E-state index contributed by atoms with van der Waals surface area (Å²) in [5.41, 5.74) is 3.28. The van der Waals surface area contributed by atoms with Crippen LogP contribution in [0.25, 0.3) is 0 Å². The minimum atomic E-state index is -4.66. The van der Waals surface area contributed by atoms with E-state index in [1.165, 1.54) is 0 Å². The lowest BCUT2D eigenvalue weighted by Gasteiger charge is -2.33. The van der Waals surface area contributed by atoms with Crippen LogP contribution in [0.2, 0.25) is 5.15 Å². The lowest BCUT2D eigenvalue weighted by Crippen LogP contribution is -2.34. The van der Waals surface area contributed by atoms with Gasteiger partial charge in [-0.3, -0.25) is 4.98 Å². The van der Waals surface area contributed by atoms with Crippen LogP contribution in [0, 0.1) is 6.92 Å². The molecule has 5 rings (SSSR count). The van der Waals surface area contributed by atoms with Crippen molar-refractivity contribution in [3.8, 4) is 0 Å². The number of pyridine rings is 1. The first kappa shape index (κ1) is 20.0. The number of nitrogens with zero attached hydrogens (tertiary/aromatic N) is 7. The summed E-state index contributed by atoms with van der Waals surface area (Å²) in [6.07, 6.45) is 0.547. The number of rotatable bonds is 2. The van der Waals surface area contributed by atoms with E-state index in [9.17, 15) is 13.2 Å². The molecule has 3 aromatic heterocycles. The molecule has 0 spiro atoms. The van der Waals surface area contributed by atoms with Gasteiger partial charge >= 0.3 is 6.18 Å². The largest absolute Gasteiger partial charge is 0.451 e. The van der Waals surface area contributed by atoms with E-state index in [1.807, 2.05) is 21.8 Å². The Bertz CT molecular complexity index is 1140. The highest BCUT2D eigenvalue weighted by Crippen LogP contribution is 2.35. The number of hydrogen-bond acceptors (Lipinski definition) is 6. The summed E-state index contributed by atoms with van der Waals surface area (Å²) in [4.78, 5) is 15.8. The highest BCUT2D eigenvalue weighted by molar-refractivity contribution is 6.30. The van der Waals surface area contributed by atoms with Crippen LogP contribution in [-0.2, 0) is 25.7 Å². The van der Waals surface area contributed by atoms with E-state index in [4.69, 9.17) is 11.6 Å². The van der Waals surface area contributed by atoms with Crippen molar-refractivity contribution in [3.05, 3.63) is 52.3 Å². The number of anilines is 3. The van der Waals surface area contributed by atoms with Crippen molar-refractivity contribution < 1.29 is 13.2 Å². The summed E-state index contributed by atoms with van der Waals surface area (Å²) in [5, 5.41) is 4.16. The van der Waals surface area contributed by atoms with Crippen molar-refractivity contribution in [3.63, 3.8) is 0 Å². The van der Waals surface area contributed by atoms with Crippen molar-refractivity contribution in [2.75, 3.05) is 22.9 Å². The Morgan fingerprint density at radius 2 is 1.97 bits per heavy atom. The van der Waals surface area contributed by atoms with Crippen molar-refractivity contribution in [1.82, 2.24) is 24.7 Å². The second-order valence-corrected chi connectivity index (χ2v) is 8.03. The molecule has 0 aromatic carbocycles. The summed E-state index contributed by atoms with van der Waals surface area (Å²) in [5.74, 6) is -0.00862. The highest BCUT2D eigenvalue weighted by Gasteiger charge is 2.37. The molecule has 7 nitrogen and oxygen atoms in total. The van der Waals surface area contributed by atoms with Crippen molar-refractivity contribution in [1.29, 1.82) is 0 Å². The van der Waals surface area contributed by atoms with Crippen LogP contribution in [-0.4, -0.2) is 37.8 Å². The normalized spacial score (nSPS) is 16.3. The predicted octanol–water partition coefficient (Wildman–Crippen LogP) is 4.15. The van der Waals surface area contributed by atoms with Gasteiger partial charge in [0.1, 0.15) is 16.8 Å². The third-order valence-corrected chi connectivity index (χ3v) is 6.04. The minimum absolute atomic E-state index is 0.184. The molecule has 2 aliphatic heterocycles. The van der Waals surface area contributed by atoms with Crippen LogP contribution >= 0.6 is 11.6 Å². The molecule has 2 aliphatic rings. The Morgan fingerprint density at radius 3 is 2.77 bits per heavy atom. The molecule has 162 valence electrons. The molecule has 5 heterocycles. The molecule has 3 aromatic rings. The van der Waals surface area contributed by atoms with Gasteiger partial charge in [-0.15, -0.1) is 0 Å². The lowest BCUT2D eigenvalue weighted by molar-refractivity contribution is -0.144. The van der Waals surface area contributed by atoms with E-state index in [0.29, 0.717) is 25.1 Å². The molecular weight excluding hydrogens is 431 g/mol. The van der Waals surface area contributed by atoms with Gasteiger partial charge in [-0.1, -0.05) is 11.6 Å². The number of fused-ring (bicyclic) bond motifs is 2. The molecule has 0 fully saturated rings. The maximum atomic E-state index is 13.2. The van der Waals surface area contributed by atoms with Crippen molar-refractivity contribution in [2.24, 2.45) is 0 Å². The molecule has 11 heteroatoms. The fourth-order valence-electron chi connectivity index (χ4n) is 4.14. The fourth-order valence-corrected chi connectivity index (χ4v) is 4.30. The Kier molecular flexibility index (Phi) is 4.76. The number of hydrogen-bond donors (Lipinski definition) is 0. The second-order valence-electron chi connectivity index (χ2n) is 7.67. The Labute approximate surface area is 181 Å². The monoisotopic (exact) mass is 449 g/mol. The Hall–Kier alpha value is -2.88. The van der Waals surface area contributed by atoms with Crippen LogP contribution in [0.15, 0.2) is 24.5 Å². The minimum Gasteiger partial charge on any atom is -0.351 e. The van der Waals surface area contributed by atoms with Crippen LogP contribution < -0.4 is 9.80 Å². The zero-order valence-corrected chi connectivity index (χ0v) is 17.5.